The minimum Gasteiger partial charge on any atom is -0.494 e. The average molecular weight is 535 g/mol. The zero-order valence-electron chi connectivity index (χ0n) is 22.4. The highest BCUT2D eigenvalue weighted by atomic mass is 16.5. The van der Waals surface area contributed by atoms with Crippen LogP contribution >= 0.6 is 0 Å². The summed E-state index contributed by atoms with van der Waals surface area (Å²) in [6.45, 7) is 5.05. The van der Waals surface area contributed by atoms with Gasteiger partial charge in [-0.05, 0) is 80.1 Å². The summed E-state index contributed by atoms with van der Waals surface area (Å²) in [7, 11) is 0. The van der Waals surface area contributed by atoms with Crippen molar-refractivity contribution in [1.82, 2.24) is 20.9 Å². The highest BCUT2D eigenvalue weighted by Crippen LogP contribution is 2.21. The van der Waals surface area contributed by atoms with Crippen molar-refractivity contribution in [2.24, 2.45) is 5.92 Å². The number of carbonyl (C=O) groups is 3. The van der Waals surface area contributed by atoms with Crippen LogP contribution < -0.4 is 20.7 Å². The SMILES string of the molecule is Cc1ccc(OCCC2CCCNC2)cc1CNC(=O)[C@H](Cc1c[nH]c2ccccc12)NC(=O)CCC(=O)O. The van der Waals surface area contributed by atoms with Gasteiger partial charge in [-0.15, -0.1) is 0 Å². The Balaban J connectivity index is 1.39. The predicted octanol–water partition coefficient (Wildman–Crippen LogP) is 3.45. The number of amides is 2. The fourth-order valence-corrected chi connectivity index (χ4v) is 4.96. The van der Waals surface area contributed by atoms with Crippen molar-refractivity contribution in [3.63, 3.8) is 0 Å². The standard InChI is InChI=1S/C30H38N4O5/c1-20-8-9-24(39-14-12-21-5-4-13-31-17-21)15-22(20)18-33-30(38)27(34-28(35)10-11-29(36)37)16-23-19-32-26-7-3-2-6-25(23)26/h2-3,6-9,15,19,21,27,31-32H,4-5,10-14,16-18H2,1H3,(H,33,38)(H,34,35)(H,36,37)/t21?,27-/m0/s1. The molecule has 1 aromatic heterocycles. The van der Waals surface area contributed by atoms with Gasteiger partial charge in [0.2, 0.25) is 11.8 Å². The minimum atomic E-state index is -1.06. The molecule has 39 heavy (non-hydrogen) atoms. The van der Waals surface area contributed by atoms with Gasteiger partial charge < -0.3 is 30.8 Å². The van der Waals surface area contributed by atoms with Crippen molar-refractivity contribution in [1.29, 1.82) is 0 Å². The van der Waals surface area contributed by atoms with E-state index >= 15 is 0 Å². The van der Waals surface area contributed by atoms with Crippen LogP contribution in [0.5, 0.6) is 5.75 Å². The number of para-hydroxylation sites is 1. The van der Waals surface area contributed by atoms with Gasteiger partial charge in [-0.25, -0.2) is 0 Å². The van der Waals surface area contributed by atoms with E-state index in [1.807, 2.05) is 55.6 Å². The number of carboxylic acids is 1. The summed E-state index contributed by atoms with van der Waals surface area (Å²) in [6.07, 6.45) is 5.06. The molecule has 1 aliphatic heterocycles. The summed E-state index contributed by atoms with van der Waals surface area (Å²) in [5, 5.41) is 19.0. The summed E-state index contributed by atoms with van der Waals surface area (Å²) < 4.78 is 6.02. The van der Waals surface area contributed by atoms with Crippen molar-refractivity contribution in [3.8, 4) is 5.75 Å². The first-order valence-electron chi connectivity index (χ1n) is 13.7. The summed E-state index contributed by atoms with van der Waals surface area (Å²) in [4.78, 5) is 39.9. The van der Waals surface area contributed by atoms with Gasteiger partial charge in [-0.2, -0.15) is 0 Å². The first-order chi connectivity index (χ1) is 18.9. The molecular weight excluding hydrogens is 496 g/mol. The number of fused-ring (bicyclic) bond motifs is 1. The Labute approximate surface area is 228 Å². The molecule has 9 nitrogen and oxygen atoms in total. The van der Waals surface area contributed by atoms with Gasteiger partial charge in [0.1, 0.15) is 11.8 Å². The van der Waals surface area contributed by atoms with E-state index in [9.17, 15) is 14.4 Å². The number of rotatable bonds is 13. The van der Waals surface area contributed by atoms with Gasteiger partial charge in [0.05, 0.1) is 13.0 Å². The highest BCUT2D eigenvalue weighted by Gasteiger charge is 2.23. The minimum absolute atomic E-state index is 0.192. The molecule has 0 radical (unpaired) electrons. The lowest BCUT2D eigenvalue weighted by molar-refractivity contribution is -0.139. The number of benzene rings is 2. The molecule has 1 aliphatic rings. The third kappa shape index (κ3) is 8.32. The van der Waals surface area contributed by atoms with E-state index in [1.165, 1.54) is 12.8 Å². The van der Waals surface area contributed by atoms with Crippen LogP contribution in [0.2, 0.25) is 0 Å². The van der Waals surface area contributed by atoms with Gasteiger partial charge >= 0.3 is 5.97 Å². The summed E-state index contributed by atoms with van der Waals surface area (Å²) in [5.74, 6) is -0.457. The highest BCUT2D eigenvalue weighted by molar-refractivity contribution is 5.90. The number of piperidine rings is 1. The van der Waals surface area contributed by atoms with Gasteiger partial charge in [-0.1, -0.05) is 24.3 Å². The predicted molar refractivity (Wildman–Crippen MR) is 150 cm³/mol. The Morgan fingerprint density at radius 3 is 2.77 bits per heavy atom. The van der Waals surface area contributed by atoms with Crippen LogP contribution in [0.4, 0.5) is 0 Å². The Bertz CT molecular complexity index is 1280. The van der Waals surface area contributed by atoms with Crippen LogP contribution in [-0.4, -0.2) is 53.6 Å². The van der Waals surface area contributed by atoms with E-state index in [2.05, 4.69) is 20.9 Å². The second-order valence-electron chi connectivity index (χ2n) is 10.2. The van der Waals surface area contributed by atoms with E-state index in [4.69, 9.17) is 9.84 Å². The molecule has 2 amide bonds. The Hall–Kier alpha value is -3.85. The van der Waals surface area contributed by atoms with Crippen molar-refractivity contribution in [2.45, 2.75) is 58.0 Å². The lowest BCUT2D eigenvalue weighted by atomic mass is 9.97. The number of aryl methyl sites for hydroxylation is 1. The van der Waals surface area contributed by atoms with Gasteiger partial charge in [-0.3, -0.25) is 14.4 Å². The summed E-state index contributed by atoms with van der Waals surface area (Å²) in [5.41, 5.74) is 3.79. The largest absolute Gasteiger partial charge is 0.494 e. The molecule has 0 spiro atoms. The first kappa shape index (κ1) is 28.2. The number of hydrogen-bond donors (Lipinski definition) is 5. The Kier molecular flexibility index (Phi) is 9.97. The molecule has 1 saturated heterocycles. The molecule has 4 rings (SSSR count). The quantitative estimate of drug-likeness (QED) is 0.228. The maximum absolute atomic E-state index is 13.3. The fraction of sp³-hybridized carbons (Fsp3) is 0.433. The lowest BCUT2D eigenvalue weighted by Gasteiger charge is -2.22. The zero-order valence-corrected chi connectivity index (χ0v) is 22.4. The number of carbonyl (C=O) groups excluding carboxylic acids is 2. The number of aliphatic carboxylic acids is 1. The second-order valence-corrected chi connectivity index (χ2v) is 10.2. The molecule has 0 bridgehead atoms. The average Bonchev–Trinajstić information content (AvgIpc) is 3.35. The van der Waals surface area contributed by atoms with Crippen molar-refractivity contribution in [2.75, 3.05) is 19.7 Å². The molecule has 9 heteroatoms. The second kappa shape index (κ2) is 13.8. The lowest BCUT2D eigenvalue weighted by Crippen LogP contribution is -2.47. The molecule has 208 valence electrons. The van der Waals surface area contributed by atoms with E-state index in [1.54, 1.807) is 0 Å². The number of carboxylic acid groups (broad SMARTS) is 1. The van der Waals surface area contributed by atoms with E-state index in [-0.39, 0.29) is 31.7 Å². The van der Waals surface area contributed by atoms with E-state index < -0.39 is 17.9 Å². The molecule has 1 fully saturated rings. The molecule has 5 N–H and O–H groups in total. The Morgan fingerprint density at radius 2 is 1.97 bits per heavy atom. The molecule has 0 saturated carbocycles. The van der Waals surface area contributed by atoms with Crippen LogP contribution in [-0.2, 0) is 27.3 Å². The van der Waals surface area contributed by atoms with Gasteiger partial charge in [0.15, 0.2) is 0 Å². The molecule has 3 aromatic rings. The molecule has 0 aliphatic carbocycles. The third-order valence-electron chi connectivity index (χ3n) is 7.28. The molecule has 1 unspecified atom stereocenters. The summed E-state index contributed by atoms with van der Waals surface area (Å²) in [6, 6.07) is 12.8. The maximum Gasteiger partial charge on any atom is 0.303 e. The maximum atomic E-state index is 13.3. The van der Waals surface area contributed by atoms with Crippen LogP contribution in [0.3, 0.4) is 0 Å². The molecule has 2 aromatic carbocycles. The third-order valence-corrected chi connectivity index (χ3v) is 7.28. The van der Waals surface area contributed by atoms with Crippen LogP contribution in [0.15, 0.2) is 48.7 Å². The number of ether oxygens (including phenoxy) is 1. The van der Waals surface area contributed by atoms with Crippen molar-refractivity contribution >= 4 is 28.7 Å². The molecule has 2 atom stereocenters. The molecular formula is C30H38N4O5. The smallest absolute Gasteiger partial charge is 0.303 e. The topological polar surface area (TPSA) is 133 Å². The van der Waals surface area contributed by atoms with Crippen LogP contribution in [0.25, 0.3) is 10.9 Å². The number of hydrogen-bond acceptors (Lipinski definition) is 5. The van der Waals surface area contributed by atoms with Crippen molar-refractivity contribution < 1.29 is 24.2 Å². The van der Waals surface area contributed by atoms with Crippen LogP contribution in [0, 0.1) is 12.8 Å². The van der Waals surface area contributed by atoms with Gasteiger partial charge in [0, 0.05) is 36.5 Å². The monoisotopic (exact) mass is 534 g/mol. The Morgan fingerprint density at radius 1 is 1.13 bits per heavy atom. The number of aromatic amines is 1. The summed E-state index contributed by atoms with van der Waals surface area (Å²) >= 11 is 0. The number of aromatic nitrogens is 1. The number of H-pyrrole nitrogens is 1. The van der Waals surface area contributed by atoms with Crippen LogP contribution in [0.1, 0.15) is 48.8 Å². The van der Waals surface area contributed by atoms with Gasteiger partial charge in [0.25, 0.3) is 0 Å². The van der Waals surface area contributed by atoms with Crippen molar-refractivity contribution in [3.05, 3.63) is 65.4 Å². The van der Waals surface area contributed by atoms with E-state index in [0.29, 0.717) is 12.5 Å². The number of nitrogens with one attached hydrogen (secondary N) is 4. The van der Waals surface area contributed by atoms with E-state index in [0.717, 1.165) is 52.9 Å². The first-order valence-corrected chi connectivity index (χ1v) is 13.7. The fourth-order valence-electron chi connectivity index (χ4n) is 4.96. The zero-order chi connectivity index (χ0) is 27.6. The normalized spacial score (nSPS) is 16.0. The molecule has 2 heterocycles.